The molecule has 0 aliphatic carbocycles. The van der Waals surface area contributed by atoms with Gasteiger partial charge in [-0.05, 0) is 37.0 Å². The number of ether oxygens (including phenoxy) is 1. The van der Waals surface area contributed by atoms with Gasteiger partial charge in [0.25, 0.3) is 0 Å². The normalized spacial score (nSPS) is 11.9. The van der Waals surface area contributed by atoms with Gasteiger partial charge in [0.05, 0.1) is 13.2 Å². The first-order valence-corrected chi connectivity index (χ1v) is 10.4. The molecule has 0 fully saturated rings. The van der Waals surface area contributed by atoms with Crippen LogP contribution >= 0.6 is 24.0 Å². The van der Waals surface area contributed by atoms with E-state index in [-0.39, 0.29) is 29.9 Å². The summed E-state index contributed by atoms with van der Waals surface area (Å²) in [5, 5.41) is 9.20. The van der Waals surface area contributed by atoms with E-state index in [4.69, 9.17) is 4.74 Å². The highest BCUT2D eigenvalue weighted by Crippen LogP contribution is 2.05. The van der Waals surface area contributed by atoms with Crippen molar-refractivity contribution in [2.45, 2.75) is 33.8 Å². The Morgan fingerprint density at radius 2 is 1.94 bits per heavy atom. The number of aryl methyl sites for hydroxylation is 1. The van der Waals surface area contributed by atoms with Gasteiger partial charge in [0.15, 0.2) is 5.96 Å². The number of nitrogens with one attached hydrogen (secondary N) is 3. The number of halogens is 1. The number of amides is 1. The third kappa shape index (κ3) is 11.7. The van der Waals surface area contributed by atoms with E-state index in [1.807, 2.05) is 38.1 Å². The van der Waals surface area contributed by atoms with Crippen molar-refractivity contribution in [1.82, 2.24) is 15.6 Å². The number of rotatable bonds is 11. The minimum atomic E-state index is -0.0858. The molecule has 0 aliphatic rings. The SMILES string of the molecule is CCNC(=NCC(C)COCc1ccccc1)NCCC(=O)Nc1ccc(C)cn1.I. The third-order valence-corrected chi connectivity index (χ3v) is 4.24. The zero-order chi connectivity index (χ0) is 21.6. The molecule has 170 valence electrons. The third-order valence-electron chi connectivity index (χ3n) is 4.24. The van der Waals surface area contributed by atoms with Crippen molar-refractivity contribution in [3.8, 4) is 0 Å². The average Bonchev–Trinajstić information content (AvgIpc) is 2.74. The first kappa shape index (κ1) is 26.8. The van der Waals surface area contributed by atoms with E-state index >= 15 is 0 Å². The van der Waals surface area contributed by atoms with E-state index < -0.39 is 0 Å². The lowest BCUT2D eigenvalue weighted by Gasteiger charge is -2.14. The molecule has 2 aromatic rings. The fourth-order valence-electron chi connectivity index (χ4n) is 2.64. The number of hydrogen-bond donors (Lipinski definition) is 3. The topological polar surface area (TPSA) is 87.6 Å². The predicted octanol–water partition coefficient (Wildman–Crippen LogP) is 3.74. The Hall–Kier alpha value is -2.20. The van der Waals surface area contributed by atoms with E-state index in [1.165, 1.54) is 5.56 Å². The van der Waals surface area contributed by atoms with Crippen LogP contribution in [0.15, 0.2) is 53.7 Å². The number of benzene rings is 1. The van der Waals surface area contributed by atoms with Gasteiger partial charge in [-0.15, -0.1) is 24.0 Å². The van der Waals surface area contributed by atoms with Crippen molar-refractivity contribution in [3.63, 3.8) is 0 Å². The van der Waals surface area contributed by atoms with Gasteiger partial charge < -0.3 is 20.7 Å². The molecule has 8 heteroatoms. The molecule has 0 radical (unpaired) electrons. The molecule has 31 heavy (non-hydrogen) atoms. The maximum Gasteiger partial charge on any atom is 0.227 e. The first-order chi connectivity index (χ1) is 14.6. The van der Waals surface area contributed by atoms with Crippen molar-refractivity contribution in [1.29, 1.82) is 0 Å². The highest BCUT2D eigenvalue weighted by Gasteiger charge is 2.06. The lowest BCUT2D eigenvalue weighted by atomic mass is 10.2. The Morgan fingerprint density at radius 1 is 1.16 bits per heavy atom. The summed E-state index contributed by atoms with van der Waals surface area (Å²) in [5.74, 6) is 1.47. The maximum absolute atomic E-state index is 12.1. The monoisotopic (exact) mass is 539 g/mol. The zero-order valence-electron chi connectivity index (χ0n) is 18.6. The molecule has 0 saturated heterocycles. The number of carbonyl (C=O) groups is 1. The molecule has 1 aromatic heterocycles. The molecule has 0 aliphatic heterocycles. The molecule has 7 nitrogen and oxygen atoms in total. The fraction of sp³-hybridized carbons (Fsp3) is 0.435. The highest BCUT2D eigenvalue weighted by atomic mass is 127. The van der Waals surface area contributed by atoms with Gasteiger partial charge in [-0.3, -0.25) is 9.79 Å². The fourth-order valence-corrected chi connectivity index (χ4v) is 2.64. The average molecular weight is 539 g/mol. The Morgan fingerprint density at radius 3 is 2.61 bits per heavy atom. The van der Waals surface area contributed by atoms with Crippen LogP contribution in [0.4, 0.5) is 5.82 Å². The minimum absolute atomic E-state index is 0. The van der Waals surface area contributed by atoms with Gasteiger partial charge >= 0.3 is 0 Å². The predicted molar refractivity (Wildman–Crippen MR) is 137 cm³/mol. The van der Waals surface area contributed by atoms with Crippen molar-refractivity contribution >= 4 is 41.7 Å². The number of carbonyl (C=O) groups excluding carboxylic acids is 1. The molecule has 1 unspecified atom stereocenters. The molecule has 2 rings (SSSR count). The minimum Gasteiger partial charge on any atom is -0.376 e. The summed E-state index contributed by atoms with van der Waals surface area (Å²) >= 11 is 0. The van der Waals surface area contributed by atoms with Gasteiger partial charge in [0.2, 0.25) is 5.91 Å². The summed E-state index contributed by atoms with van der Waals surface area (Å²) < 4.78 is 5.78. The Balaban J connectivity index is 0.00000480. The molecule has 0 saturated carbocycles. The lowest BCUT2D eigenvalue weighted by molar-refractivity contribution is -0.116. The van der Waals surface area contributed by atoms with Crippen molar-refractivity contribution in [2.24, 2.45) is 10.9 Å². The molecule has 1 heterocycles. The summed E-state index contributed by atoms with van der Waals surface area (Å²) in [6.45, 7) is 9.22. The van der Waals surface area contributed by atoms with E-state index in [9.17, 15) is 4.79 Å². The van der Waals surface area contributed by atoms with Crippen LogP contribution in [0.25, 0.3) is 0 Å². The number of pyridine rings is 1. The second kappa shape index (κ2) is 15.6. The smallest absolute Gasteiger partial charge is 0.227 e. The summed E-state index contributed by atoms with van der Waals surface area (Å²) in [4.78, 5) is 20.9. The molecule has 1 atom stereocenters. The molecule has 3 N–H and O–H groups in total. The second-order valence-corrected chi connectivity index (χ2v) is 7.27. The summed E-state index contributed by atoms with van der Waals surface area (Å²) in [6, 6.07) is 13.9. The molecule has 0 bridgehead atoms. The molecule has 1 amide bonds. The number of aliphatic imine (C=N–C) groups is 1. The van der Waals surface area contributed by atoms with Crippen LogP contribution in [-0.2, 0) is 16.1 Å². The van der Waals surface area contributed by atoms with Crippen LogP contribution in [0.5, 0.6) is 0 Å². The zero-order valence-corrected chi connectivity index (χ0v) is 20.9. The Bertz CT molecular complexity index is 784. The maximum atomic E-state index is 12.1. The quantitative estimate of drug-likeness (QED) is 0.230. The van der Waals surface area contributed by atoms with Crippen LogP contribution < -0.4 is 16.0 Å². The van der Waals surface area contributed by atoms with Crippen LogP contribution in [0.1, 0.15) is 31.4 Å². The van der Waals surface area contributed by atoms with Crippen LogP contribution in [-0.4, -0.2) is 43.1 Å². The first-order valence-electron chi connectivity index (χ1n) is 10.4. The highest BCUT2D eigenvalue weighted by molar-refractivity contribution is 14.0. The summed E-state index contributed by atoms with van der Waals surface area (Å²) in [5.41, 5.74) is 2.23. The Kier molecular flexibility index (Phi) is 13.5. The van der Waals surface area contributed by atoms with Gasteiger partial charge in [0.1, 0.15) is 5.82 Å². The van der Waals surface area contributed by atoms with E-state index in [1.54, 1.807) is 12.3 Å². The standard InChI is InChI=1S/C23H33N5O2.HI/c1-4-24-23(25-13-12-22(29)28-21-11-10-18(2)14-26-21)27-15-19(3)16-30-17-20-8-6-5-7-9-20;/h5-11,14,19H,4,12-13,15-17H2,1-3H3,(H2,24,25,27)(H,26,28,29);1H. The number of anilines is 1. The van der Waals surface area contributed by atoms with Crippen molar-refractivity contribution < 1.29 is 9.53 Å². The molecule has 0 spiro atoms. The summed E-state index contributed by atoms with van der Waals surface area (Å²) in [6.07, 6.45) is 2.06. The largest absolute Gasteiger partial charge is 0.376 e. The molecule has 1 aromatic carbocycles. The summed E-state index contributed by atoms with van der Waals surface area (Å²) in [7, 11) is 0. The lowest BCUT2D eigenvalue weighted by Crippen LogP contribution is -2.39. The van der Waals surface area contributed by atoms with Crippen molar-refractivity contribution in [3.05, 3.63) is 59.8 Å². The van der Waals surface area contributed by atoms with Crippen molar-refractivity contribution in [2.75, 3.05) is 31.6 Å². The van der Waals surface area contributed by atoms with E-state index in [0.717, 1.165) is 12.1 Å². The number of aromatic nitrogens is 1. The number of guanidine groups is 1. The molecular formula is C23H34IN5O2. The van der Waals surface area contributed by atoms with Gasteiger partial charge in [-0.2, -0.15) is 0 Å². The van der Waals surface area contributed by atoms with Gasteiger partial charge in [-0.1, -0.05) is 43.3 Å². The number of nitrogens with zero attached hydrogens (tertiary/aromatic N) is 2. The second-order valence-electron chi connectivity index (χ2n) is 7.27. The van der Waals surface area contributed by atoms with Crippen LogP contribution in [0, 0.1) is 12.8 Å². The van der Waals surface area contributed by atoms with Crippen LogP contribution in [0.3, 0.4) is 0 Å². The van der Waals surface area contributed by atoms with Crippen LogP contribution in [0.2, 0.25) is 0 Å². The van der Waals surface area contributed by atoms with E-state index in [2.05, 4.69) is 45.0 Å². The van der Waals surface area contributed by atoms with Gasteiger partial charge in [-0.25, -0.2) is 4.98 Å². The van der Waals surface area contributed by atoms with Gasteiger partial charge in [0, 0.05) is 32.3 Å². The Labute approximate surface area is 202 Å². The molecular weight excluding hydrogens is 505 g/mol. The van der Waals surface area contributed by atoms with E-state index in [0.29, 0.717) is 50.4 Å². The number of hydrogen-bond acceptors (Lipinski definition) is 4.